The van der Waals surface area contributed by atoms with Gasteiger partial charge in [0.05, 0.1) is 4.47 Å². The van der Waals surface area contributed by atoms with Gasteiger partial charge in [-0.1, -0.05) is 25.4 Å². The molecule has 1 heterocycles. The van der Waals surface area contributed by atoms with Crippen LogP contribution in [-0.4, -0.2) is 9.97 Å². The maximum atomic E-state index is 13.1. The largest absolute Gasteiger partial charge is 0.437 e. The molecule has 0 aliphatic heterocycles. The van der Waals surface area contributed by atoms with E-state index in [1.54, 1.807) is 6.92 Å². The van der Waals surface area contributed by atoms with Gasteiger partial charge in [0, 0.05) is 11.5 Å². The molecular formula is C14H13BrClFN2O. The van der Waals surface area contributed by atoms with E-state index in [-0.39, 0.29) is 11.7 Å². The first-order valence-electron chi connectivity index (χ1n) is 6.05. The number of aromatic nitrogens is 2. The minimum Gasteiger partial charge on any atom is -0.437 e. The van der Waals surface area contributed by atoms with Crippen LogP contribution in [0, 0.1) is 12.7 Å². The fourth-order valence-electron chi connectivity index (χ4n) is 1.51. The Morgan fingerprint density at radius 1 is 1.30 bits per heavy atom. The molecule has 0 fully saturated rings. The summed E-state index contributed by atoms with van der Waals surface area (Å²) in [6.07, 6.45) is 0. The molecule has 20 heavy (non-hydrogen) atoms. The van der Waals surface area contributed by atoms with Crippen molar-refractivity contribution in [3.63, 3.8) is 0 Å². The fourth-order valence-corrected chi connectivity index (χ4v) is 2.10. The molecule has 0 unspecified atom stereocenters. The van der Waals surface area contributed by atoms with Crippen molar-refractivity contribution in [1.29, 1.82) is 0 Å². The first-order valence-corrected chi connectivity index (χ1v) is 7.22. The molecule has 1 aromatic heterocycles. The topological polar surface area (TPSA) is 35.0 Å². The Morgan fingerprint density at radius 3 is 2.60 bits per heavy atom. The van der Waals surface area contributed by atoms with Gasteiger partial charge in [-0.2, -0.15) is 4.98 Å². The molecule has 0 radical (unpaired) electrons. The number of halogens is 3. The zero-order valence-corrected chi connectivity index (χ0v) is 13.6. The van der Waals surface area contributed by atoms with Gasteiger partial charge in [-0.15, -0.1) is 0 Å². The summed E-state index contributed by atoms with van der Waals surface area (Å²) in [5.74, 6) is 1.24. The smallest absolute Gasteiger partial charge is 0.227 e. The van der Waals surface area contributed by atoms with Gasteiger partial charge in [0.15, 0.2) is 0 Å². The first kappa shape index (κ1) is 15.2. The second-order valence-electron chi connectivity index (χ2n) is 4.63. The highest BCUT2D eigenvalue weighted by Gasteiger charge is 2.14. The Morgan fingerprint density at radius 2 is 2.00 bits per heavy atom. The third-order valence-electron chi connectivity index (χ3n) is 2.68. The van der Waals surface area contributed by atoms with E-state index >= 15 is 0 Å². The summed E-state index contributed by atoms with van der Waals surface area (Å²) in [7, 11) is 0. The summed E-state index contributed by atoms with van der Waals surface area (Å²) >= 11 is 9.35. The van der Waals surface area contributed by atoms with E-state index in [0.717, 1.165) is 0 Å². The molecule has 0 bridgehead atoms. The predicted molar refractivity (Wildman–Crippen MR) is 80.0 cm³/mol. The lowest BCUT2D eigenvalue weighted by atomic mass is 10.2. The molecule has 0 N–H and O–H groups in total. The molecule has 0 atom stereocenters. The molecule has 0 aliphatic carbocycles. The number of hydrogen-bond donors (Lipinski definition) is 0. The fraction of sp³-hybridized carbons (Fsp3) is 0.286. The Kier molecular flexibility index (Phi) is 4.60. The molecular weight excluding hydrogens is 347 g/mol. The van der Waals surface area contributed by atoms with Gasteiger partial charge in [-0.3, -0.25) is 0 Å². The molecule has 6 heteroatoms. The third-order valence-corrected chi connectivity index (χ3v) is 3.66. The van der Waals surface area contributed by atoms with Gasteiger partial charge in [-0.25, -0.2) is 9.37 Å². The van der Waals surface area contributed by atoms with Crippen molar-refractivity contribution < 1.29 is 9.13 Å². The SMILES string of the molecule is Cc1c(Cl)nc(C(C)C)nc1Oc1ccc(F)cc1Br. The Hall–Kier alpha value is -1.20. The van der Waals surface area contributed by atoms with Crippen LogP contribution in [0.25, 0.3) is 0 Å². The number of ether oxygens (including phenoxy) is 1. The molecule has 1 aromatic carbocycles. The predicted octanol–water partition coefficient (Wildman–Crippen LogP) is 5.26. The molecule has 0 saturated carbocycles. The molecule has 2 aromatic rings. The van der Waals surface area contributed by atoms with Crippen LogP contribution < -0.4 is 4.74 Å². The lowest BCUT2D eigenvalue weighted by molar-refractivity contribution is 0.448. The molecule has 0 spiro atoms. The van der Waals surface area contributed by atoms with Crippen LogP contribution in [0.3, 0.4) is 0 Å². The van der Waals surface area contributed by atoms with Crippen molar-refractivity contribution in [3.05, 3.63) is 45.0 Å². The van der Waals surface area contributed by atoms with Crippen LogP contribution in [0.5, 0.6) is 11.6 Å². The van der Waals surface area contributed by atoms with E-state index in [1.165, 1.54) is 18.2 Å². The van der Waals surface area contributed by atoms with Crippen molar-refractivity contribution in [3.8, 4) is 11.6 Å². The number of hydrogen-bond acceptors (Lipinski definition) is 3. The summed E-state index contributed by atoms with van der Waals surface area (Å²) in [5, 5.41) is 0.358. The summed E-state index contributed by atoms with van der Waals surface area (Å²) in [5.41, 5.74) is 0.646. The van der Waals surface area contributed by atoms with E-state index in [9.17, 15) is 4.39 Å². The van der Waals surface area contributed by atoms with Gasteiger partial charge in [0.25, 0.3) is 0 Å². The zero-order valence-electron chi connectivity index (χ0n) is 11.2. The van der Waals surface area contributed by atoms with Crippen molar-refractivity contribution in [2.75, 3.05) is 0 Å². The minimum absolute atomic E-state index is 0.132. The minimum atomic E-state index is -0.343. The van der Waals surface area contributed by atoms with E-state index in [4.69, 9.17) is 16.3 Å². The molecule has 0 aliphatic rings. The van der Waals surface area contributed by atoms with Crippen molar-refractivity contribution >= 4 is 27.5 Å². The highest BCUT2D eigenvalue weighted by atomic mass is 79.9. The van der Waals surface area contributed by atoms with Gasteiger partial charge < -0.3 is 4.74 Å². The van der Waals surface area contributed by atoms with Crippen LogP contribution in [0.2, 0.25) is 5.15 Å². The second kappa shape index (κ2) is 6.06. The summed E-state index contributed by atoms with van der Waals surface area (Å²) in [6, 6.07) is 4.18. The van der Waals surface area contributed by atoms with E-state index in [2.05, 4.69) is 25.9 Å². The Balaban J connectivity index is 2.42. The van der Waals surface area contributed by atoms with Gasteiger partial charge in [0.2, 0.25) is 5.88 Å². The average Bonchev–Trinajstić information content (AvgIpc) is 2.37. The standard InChI is InChI=1S/C14H13BrClFN2O/c1-7(2)13-18-12(16)8(3)14(19-13)20-11-5-4-9(17)6-10(11)15/h4-7H,1-3H3. The highest BCUT2D eigenvalue weighted by Crippen LogP contribution is 2.33. The highest BCUT2D eigenvalue weighted by molar-refractivity contribution is 9.10. The van der Waals surface area contributed by atoms with Gasteiger partial charge in [-0.05, 0) is 41.1 Å². The Bertz CT molecular complexity index is 649. The first-order chi connectivity index (χ1) is 9.38. The number of nitrogens with zero attached hydrogens (tertiary/aromatic N) is 2. The normalized spacial score (nSPS) is 10.9. The summed E-state index contributed by atoms with van der Waals surface area (Å²) < 4.78 is 19.3. The average molecular weight is 360 g/mol. The van der Waals surface area contributed by atoms with Crippen LogP contribution in [0.1, 0.15) is 31.2 Å². The summed E-state index contributed by atoms with van der Waals surface area (Å²) in [4.78, 5) is 8.57. The van der Waals surface area contributed by atoms with Crippen LogP contribution >= 0.6 is 27.5 Å². The van der Waals surface area contributed by atoms with Crippen molar-refractivity contribution in [2.45, 2.75) is 26.7 Å². The Labute approximate surface area is 130 Å². The van der Waals surface area contributed by atoms with Crippen LogP contribution in [0.15, 0.2) is 22.7 Å². The van der Waals surface area contributed by atoms with Crippen LogP contribution in [-0.2, 0) is 0 Å². The van der Waals surface area contributed by atoms with E-state index < -0.39 is 0 Å². The van der Waals surface area contributed by atoms with E-state index in [0.29, 0.717) is 32.6 Å². The molecule has 2 rings (SSSR count). The lowest BCUT2D eigenvalue weighted by Crippen LogP contribution is -2.02. The zero-order chi connectivity index (χ0) is 14.9. The van der Waals surface area contributed by atoms with Crippen LogP contribution in [0.4, 0.5) is 4.39 Å². The molecule has 106 valence electrons. The monoisotopic (exact) mass is 358 g/mol. The van der Waals surface area contributed by atoms with Gasteiger partial charge >= 0.3 is 0 Å². The number of benzene rings is 1. The maximum absolute atomic E-state index is 13.1. The second-order valence-corrected chi connectivity index (χ2v) is 5.85. The maximum Gasteiger partial charge on any atom is 0.227 e. The number of rotatable bonds is 3. The molecule has 3 nitrogen and oxygen atoms in total. The van der Waals surface area contributed by atoms with Crippen molar-refractivity contribution in [2.24, 2.45) is 0 Å². The van der Waals surface area contributed by atoms with Gasteiger partial charge in [0.1, 0.15) is 22.5 Å². The third kappa shape index (κ3) is 3.27. The van der Waals surface area contributed by atoms with Crippen molar-refractivity contribution in [1.82, 2.24) is 9.97 Å². The molecule has 0 saturated heterocycles. The quantitative estimate of drug-likeness (QED) is 0.702. The van der Waals surface area contributed by atoms with E-state index in [1.807, 2.05) is 13.8 Å². The molecule has 0 amide bonds. The summed E-state index contributed by atoms with van der Waals surface area (Å²) in [6.45, 7) is 5.72. The lowest BCUT2D eigenvalue weighted by Gasteiger charge is -2.12.